The molecule has 0 aliphatic carbocycles. The molecule has 0 unspecified atom stereocenters. The molecule has 0 fully saturated rings. The van der Waals surface area contributed by atoms with Crippen LogP contribution in [0.1, 0.15) is 40.5 Å². The van der Waals surface area contributed by atoms with Crippen LogP contribution in [0.3, 0.4) is 0 Å². The lowest BCUT2D eigenvalue weighted by Gasteiger charge is -2.29. The number of nitrogens with one attached hydrogen (secondary N) is 2. The summed E-state index contributed by atoms with van der Waals surface area (Å²) in [7, 11) is 0. The third-order valence-corrected chi connectivity index (χ3v) is 4.58. The van der Waals surface area contributed by atoms with Gasteiger partial charge in [0, 0.05) is 0 Å². The number of hydrogen-bond acceptors (Lipinski definition) is 4. The van der Waals surface area contributed by atoms with E-state index in [2.05, 4.69) is 36.9 Å². The van der Waals surface area contributed by atoms with Gasteiger partial charge in [-0.3, -0.25) is 4.79 Å². The summed E-state index contributed by atoms with van der Waals surface area (Å²) >= 11 is 0. The number of hydrogen-bond donors (Lipinski definition) is 3. The van der Waals surface area contributed by atoms with Crippen LogP contribution >= 0.6 is 0 Å². The highest BCUT2D eigenvalue weighted by molar-refractivity contribution is 5.73. The van der Waals surface area contributed by atoms with Crippen LogP contribution in [0.5, 0.6) is 5.75 Å². The SMILES string of the molecule is CC(C)(C=CCCOc1ccc(NNc2ccccc2)cc1)CC(C)(C)C(=O)O. The zero-order valence-corrected chi connectivity index (χ0v) is 17.7. The van der Waals surface area contributed by atoms with E-state index in [1.165, 1.54) is 0 Å². The van der Waals surface area contributed by atoms with Crippen molar-refractivity contribution in [1.29, 1.82) is 0 Å². The van der Waals surface area contributed by atoms with Gasteiger partial charge in [0.1, 0.15) is 5.75 Å². The van der Waals surface area contributed by atoms with Crippen LogP contribution in [0, 0.1) is 10.8 Å². The number of anilines is 2. The number of para-hydroxylation sites is 1. The quantitative estimate of drug-likeness (QED) is 0.248. The minimum Gasteiger partial charge on any atom is -0.493 e. The molecule has 0 aromatic heterocycles. The van der Waals surface area contributed by atoms with E-state index >= 15 is 0 Å². The summed E-state index contributed by atoms with van der Waals surface area (Å²) in [5, 5.41) is 9.30. The molecule has 0 saturated heterocycles. The molecule has 0 radical (unpaired) electrons. The minimum absolute atomic E-state index is 0.180. The van der Waals surface area contributed by atoms with Crippen LogP contribution < -0.4 is 15.6 Å². The molecule has 0 aliphatic rings. The molecule has 2 aromatic carbocycles. The Hall–Kier alpha value is -2.95. The van der Waals surface area contributed by atoms with Gasteiger partial charge >= 0.3 is 5.97 Å². The molecule has 0 heterocycles. The van der Waals surface area contributed by atoms with E-state index in [1.807, 2.05) is 54.6 Å². The average molecular weight is 397 g/mol. The Morgan fingerprint density at radius 2 is 1.55 bits per heavy atom. The van der Waals surface area contributed by atoms with Gasteiger partial charge in [-0.2, -0.15) is 0 Å². The first-order valence-electron chi connectivity index (χ1n) is 9.89. The van der Waals surface area contributed by atoms with Crippen LogP contribution in [-0.4, -0.2) is 17.7 Å². The maximum absolute atomic E-state index is 11.3. The molecule has 5 nitrogen and oxygen atoms in total. The average Bonchev–Trinajstić information content (AvgIpc) is 2.67. The van der Waals surface area contributed by atoms with E-state index in [1.54, 1.807) is 13.8 Å². The van der Waals surface area contributed by atoms with Crippen molar-refractivity contribution < 1.29 is 14.6 Å². The van der Waals surface area contributed by atoms with Crippen LogP contribution in [0.25, 0.3) is 0 Å². The molecule has 2 aromatic rings. The lowest BCUT2D eigenvalue weighted by molar-refractivity contribution is -0.148. The molecule has 0 atom stereocenters. The molecule has 5 heteroatoms. The van der Waals surface area contributed by atoms with Crippen molar-refractivity contribution >= 4 is 17.3 Å². The molecule has 0 amide bonds. The van der Waals surface area contributed by atoms with E-state index in [-0.39, 0.29) is 5.41 Å². The summed E-state index contributed by atoms with van der Waals surface area (Å²) in [5.41, 5.74) is 7.31. The van der Waals surface area contributed by atoms with Gasteiger partial charge < -0.3 is 20.7 Å². The topological polar surface area (TPSA) is 70.6 Å². The van der Waals surface area contributed by atoms with E-state index < -0.39 is 11.4 Å². The van der Waals surface area contributed by atoms with Gasteiger partial charge in [-0.05, 0) is 68.5 Å². The van der Waals surface area contributed by atoms with Crippen LogP contribution in [0.2, 0.25) is 0 Å². The van der Waals surface area contributed by atoms with Crippen molar-refractivity contribution in [3.8, 4) is 5.75 Å². The van der Waals surface area contributed by atoms with E-state index in [0.717, 1.165) is 23.5 Å². The van der Waals surface area contributed by atoms with Gasteiger partial charge in [-0.1, -0.05) is 44.2 Å². The van der Waals surface area contributed by atoms with Crippen molar-refractivity contribution in [3.63, 3.8) is 0 Å². The number of carbonyl (C=O) groups is 1. The molecular weight excluding hydrogens is 364 g/mol. The van der Waals surface area contributed by atoms with Crippen molar-refractivity contribution in [1.82, 2.24) is 0 Å². The van der Waals surface area contributed by atoms with Crippen molar-refractivity contribution in [2.45, 2.75) is 40.5 Å². The van der Waals surface area contributed by atoms with Gasteiger partial charge in [-0.25, -0.2) is 0 Å². The molecule has 0 bridgehead atoms. The Morgan fingerprint density at radius 1 is 0.966 bits per heavy atom. The number of allylic oxidation sites excluding steroid dienone is 1. The van der Waals surface area contributed by atoms with E-state index in [0.29, 0.717) is 13.0 Å². The zero-order chi connectivity index (χ0) is 21.3. The van der Waals surface area contributed by atoms with Crippen molar-refractivity contribution in [2.24, 2.45) is 10.8 Å². The van der Waals surface area contributed by atoms with Crippen LogP contribution in [0.15, 0.2) is 66.7 Å². The monoisotopic (exact) mass is 396 g/mol. The van der Waals surface area contributed by atoms with Crippen molar-refractivity contribution in [2.75, 3.05) is 17.5 Å². The van der Waals surface area contributed by atoms with Crippen LogP contribution in [-0.2, 0) is 4.79 Å². The zero-order valence-electron chi connectivity index (χ0n) is 17.7. The Kier molecular flexibility index (Phi) is 7.71. The maximum Gasteiger partial charge on any atom is 0.309 e. The lowest BCUT2D eigenvalue weighted by atomic mass is 9.75. The fourth-order valence-electron chi connectivity index (χ4n) is 3.22. The number of carboxylic acids is 1. The molecule has 3 N–H and O–H groups in total. The summed E-state index contributed by atoms with van der Waals surface area (Å²) in [6.45, 7) is 8.22. The predicted octanol–water partition coefficient (Wildman–Crippen LogP) is 5.98. The second kappa shape index (κ2) is 10.0. The summed E-state index contributed by atoms with van der Waals surface area (Å²) in [4.78, 5) is 11.3. The summed E-state index contributed by atoms with van der Waals surface area (Å²) in [6, 6.07) is 17.7. The number of rotatable bonds is 11. The molecule has 0 spiro atoms. The molecule has 0 aliphatic heterocycles. The van der Waals surface area contributed by atoms with Gasteiger partial charge in [0.05, 0.1) is 23.4 Å². The van der Waals surface area contributed by atoms with Crippen molar-refractivity contribution in [3.05, 3.63) is 66.7 Å². The second-order valence-corrected chi connectivity index (χ2v) is 8.53. The largest absolute Gasteiger partial charge is 0.493 e. The highest BCUT2D eigenvalue weighted by Gasteiger charge is 2.33. The normalized spacial score (nSPS) is 12.0. The fraction of sp³-hybridized carbons (Fsp3) is 0.375. The second-order valence-electron chi connectivity index (χ2n) is 8.53. The number of carboxylic acid groups (broad SMARTS) is 1. The first-order chi connectivity index (χ1) is 13.7. The molecule has 2 rings (SSSR count). The third kappa shape index (κ3) is 7.90. The molecular formula is C24H32N2O3. The van der Waals surface area contributed by atoms with Gasteiger partial charge in [0.2, 0.25) is 0 Å². The number of aliphatic carboxylic acids is 1. The molecule has 156 valence electrons. The Morgan fingerprint density at radius 3 is 2.14 bits per heavy atom. The fourth-order valence-corrected chi connectivity index (χ4v) is 3.22. The lowest BCUT2D eigenvalue weighted by Crippen LogP contribution is -2.29. The van der Waals surface area contributed by atoms with Gasteiger partial charge in [0.15, 0.2) is 0 Å². The minimum atomic E-state index is -0.765. The maximum atomic E-state index is 11.3. The number of hydrazine groups is 1. The van der Waals surface area contributed by atoms with E-state index in [9.17, 15) is 9.90 Å². The first kappa shape index (κ1) is 22.3. The smallest absolute Gasteiger partial charge is 0.309 e. The van der Waals surface area contributed by atoms with Gasteiger partial charge in [0.25, 0.3) is 0 Å². The molecule has 29 heavy (non-hydrogen) atoms. The standard InChI is InChI=1S/C24H32N2O3/c1-23(2,18-24(3,4)22(27)28)16-8-9-17-29-21-14-12-20(13-15-21)26-25-19-10-6-5-7-11-19/h5-8,10-16,25-26H,9,17-18H2,1-4H3,(H,27,28). The van der Waals surface area contributed by atoms with Crippen LogP contribution in [0.4, 0.5) is 11.4 Å². The summed E-state index contributed by atoms with van der Waals surface area (Å²) < 4.78 is 5.78. The number of benzene rings is 2. The van der Waals surface area contributed by atoms with Gasteiger partial charge in [-0.15, -0.1) is 0 Å². The number of ether oxygens (including phenoxy) is 1. The Bertz CT molecular complexity index is 797. The Labute approximate surface area is 173 Å². The Balaban J connectivity index is 1.73. The summed E-state index contributed by atoms with van der Waals surface area (Å²) in [6.07, 6.45) is 5.51. The first-order valence-corrected chi connectivity index (χ1v) is 9.89. The highest BCUT2D eigenvalue weighted by Crippen LogP contribution is 2.35. The summed E-state index contributed by atoms with van der Waals surface area (Å²) in [5.74, 6) is 0.0501. The predicted molar refractivity (Wildman–Crippen MR) is 119 cm³/mol. The molecule has 0 saturated carbocycles. The highest BCUT2D eigenvalue weighted by atomic mass is 16.5. The van der Waals surface area contributed by atoms with E-state index in [4.69, 9.17) is 4.74 Å². The third-order valence-electron chi connectivity index (χ3n) is 4.58.